The SMILES string of the molecule is Cc1coc2c1C(=O)c1ccc3c(c1C2=O)CCCC3(C)CO. The van der Waals surface area contributed by atoms with Gasteiger partial charge in [-0.2, -0.15) is 0 Å². The largest absolute Gasteiger partial charge is 0.460 e. The van der Waals surface area contributed by atoms with Crippen LogP contribution in [-0.2, 0) is 11.8 Å². The van der Waals surface area contributed by atoms with Crippen LogP contribution in [0.3, 0.4) is 0 Å². The van der Waals surface area contributed by atoms with Crippen molar-refractivity contribution >= 4 is 11.6 Å². The predicted molar refractivity (Wildman–Crippen MR) is 84.1 cm³/mol. The molecular formula is C19H18O4. The van der Waals surface area contributed by atoms with Gasteiger partial charge in [0.05, 0.1) is 18.4 Å². The van der Waals surface area contributed by atoms with Crippen LogP contribution in [0.4, 0.5) is 0 Å². The van der Waals surface area contributed by atoms with Gasteiger partial charge in [0.15, 0.2) is 11.5 Å². The van der Waals surface area contributed by atoms with E-state index in [-0.39, 0.29) is 29.3 Å². The summed E-state index contributed by atoms with van der Waals surface area (Å²) in [4.78, 5) is 25.7. The van der Waals surface area contributed by atoms with Gasteiger partial charge in [-0.3, -0.25) is 9.59 Å². The van der Waals surface area contributed by atoms with Crippen molar-refractivity contribution in [2.24, 2.45) is 0 Å². The first-order valence-corrected chi connectivity index (χ1v) is 7.92. The summed E-state index contributed by atoms with van der Waals surface area (Å²) in [6, 6.07) is 3.65. The van der Waals surface area contributed by atoms with Crippen molar-refractivity contribution < 1.29 is 19.1 Å². The van der Waals surface area contributed by atoms with Crippen LogP contribution in [0.1, 0.15) is 68.5 Å². The number of furan rings is 1. The lowest BCUT2D eigenvalue weighted by Gasteiger charge is -2.36. The third kappa shape index (κ3) is 1.75. The molecule has 0 saturated carbocycles. The van der Waals surface area contributed by atoms with Crippen molar-refractivity contribution in [2.45, 2.75) is 38.5 Å². The zero-order valence-corrected chi connectivity index (χ0v) is 13.2. The predicted octanol–water partition coefficient (Wildman–Crippen LogP) is 2.95. The van der Waals surface area contributed by atoms with Crippen molar-refractivity contribution in [1.29, 1.82) is 0 Å². The quantitative estimate of drug-likeness (QED) is 0.750. The molecule has 1 atom stereocenters. The molecule has 4 heteroatoms. The first-order chi connectivity index (χ1) is 11.0. The topological polar surface area (TPSA) is 67.5 Å². The van der Waals surface area contributed by atoms with E-state index in [0.29, 0.717) is 22.3 Å². The number of carbonyl (C=O) groups excluding carboxylic acids is 2. The molecule has 0 spiro atoms. The Morgan fingerprint density at radius 3 is 2.74 bits per heavy atom. The Balaban J connectivity index is 2.00. The highest BCUT2D eigenvalue weighted by Crippen LogP contribution is 2.42. The minimum atomic E-state index is -0.356. The second-order valence-corrected chi connectivity index (χ2v) is 6.87. The molecule has 2 aliphatic carbocycles. The molecular weight excluding hydrogens is 292 g/mol. The maximum Gasteiger partial charge on any atom is 0.229 e. The van der Waals surface area contributed by atoms with E-state index >= 15 is 0 Å². The number of aliphatic hydroxyl groups is 1. The van der Waals surface area contributed by atoms with Crippen molar-refractivity contribution in [3.8, 4) is 0 Å². The molecule has 23 heavy (non-hydrogen) atoms. The minimum Gasteiger partial charge on any atom is -0.460 e. The summed E-state index contributed by atoms with van der Waals surface area (Å²) in [6.45, 7) is 3.82. The fourth-order valence-electron chi connectivity index (χ4n) is 4.02. The van der Waals surface area contributed by atoms with Crippen molar-refractivity contribution in [3.63, 3.8) is 0 Å². The minimum absolute atomic E-state index is 0.0338. The van der Waals surface area contributed by atoms with Crippen LogP contribution < -0.4 is 0 Å². The van der Waals surface area contributed by atoms with Crippen LogP contribution in [0, 0.1) is 6.92 Å². The average Bonchev–Trinajstić information content (AvgIpc) is 2.94. The van der Waals surface area contributed by atoms with E-state index < -0.39 is 0 Å². The molecule has 1 heterocycles. The lowest BCUT2D eigenvalue weighted by atomic mass is 9.68. The summed E-state index contributed by atoms with van der Waals surface area (Å²) >= 11 is 0. The summed E-state index contributed by atoms with van der Waals surface area (Å²) in [6.07, 6.45) is 3.99. The zero-order chi connectivity index (χ0) is 16.4. The molecule has 1 unspecified atom stereocenters. The van der Waals surface area contributed by atoms with Crippen molar-refractivity contribution in [3.05, 3.63) is 57.5 Å². The Morgan fingerprint density at radius 2 is 2.00 bits per heavy atom. The Labute approximate surface area is 134 Å². The number of aliphatic hydroxyl groups excluding tert-OH is 1. The van der Waals surface area contributed by atoms with E-state index in [1.807, 2.05) is 13.0 Å². The lowest BCUT2D eigenvalue weighted by Crippen LogP contribution is -2.34. The average molecular weight is 310 g/mol. The number of rotatable bonds is 1. The molecule has 4 rings (SSSR count). The molecule has 4 nitrogen and oxygen atoms in total. The smallest absolute Gasteiger partial charge is 0.229 e. The third-order valence-corrected chi connectivity index (χ3v) is 5.35. The molecule has 0 saturated heterocycles. The third-order valence-electron chi connectivity index (χ3n) is 5.35. The van der Waals surface area contributed by atoms with Gasteiger partial charge in [-0.25, -0.2) is 0 Å². The molecule has 1 aromatic heterocycles. The van der Waals surface area contributed by atoms with Gasteiger partial charge >= 0.3 is 0 Å². The summed E-state index contributed by atoms with van der Waals surface area (Å²) in [5.74, 6) is -0.189. The molecule has 0 aliphatic heterocycles. The monoisotopic (exact) mass is 310 g/mol. The van der Waals surface area contributed by atoms with Crippen LogP contribution in [0.25, 0.3) is 0 Å². The van der Waals surface area contributed by atoms with E-state index in [1.165, 1.54) is 6.26 Å². The normalized spacial score (nSPS) is 22.6. The Bertz CT molecular complexity index is 858. The number of benzene rings is 1. The molecule has 0 amide bonds. The number of fused-ring (bicyclic) bond motifs is 4. The van der Waals surface area contributed by atoms with E-state index in [1.54, 1.807) is 13.0 Å². The number of hydrogen-bond donors (Lipinski definition) is 1. The maximum atomic E-state index is 12.9. The van der Waals surface area contributed by atoms with Gasteiger partial charge in [0, 0.05) is 16.5 Å². The number of carbonyl (C=O) groups is 2. The molecule has 2 aliphatic rings. The molecule has 0 bridgehead atoms. The van der Waals surface area contributed by atoms with Gasteiger partial charge in [-0.05, 0) is 48.9 Å². The van der Waals surface area contributed by atoms with Crippen LogP contribution in [0.15, 0.2) is 22.8 Å². The molecule has 1 aromatic carbocycles. The van der Waals surface area contributed by atoms with Crippen LogP contribution >= 0.6 is 0 Å². The zero-order valence-electron chi connectivity index (χ0n) is 13.2. The van der Waals surface area contributed by atoms with E-state index in [9.17, 15) is 14.7 Å². The van der Waals surface area contributed by atoms with Crippen molar-refractivity contribution in [2.75, 3.05) is 6.61 Å². The Hall–Kier alpha value is -2.20. The molecule has 0 radical (unpaired) electrons. The standard InChI is InChI=1S/C19H18O4/c1-10-8-23-18-14(10)16(21)12-5-6-13-11(15(12)17(18)22)4-3-7-19(13,2)9-20/h5-6,8,20H,3-4,7,9H2,1-2H3. The van der Waals surface area contributed by atoms with Gasteiger partial charge in [-0.15, -0.1) is 0 Å². The van der Waals surface area contributed by atoms with Gasteiger partial charge in [0.2, 0.25) is 5.78 Å². The first kappa shape index (κ1) is 14.4. The Kier molecular flexibility index (Phi) is 2.91. The summed E-state index contributed by atoms with van der Waals surface area (Å²) < 4.78 is 5.38. The van der Waals surface area contributed by atoms with E-state index in [0.717, 1.165) is 30.4 Å². The lowest BCUT2D eigenvalue weighted by molar-refractivity contribution is 0.0958. The van der Waals surface area contributed by atoms with Gasteiger partial charge < -0.3 is 9.52 Å². The van der Waals surface area contributed by atoms with E-state index in [2.05, 4.69) is 0 Å². The highest BCUT2D eigenvalue weighted by molar-refractivity contribution is 6.28. The van der Waals surface area contributed by atoms with Crippen LogP contribution in [-0.4, -0.2) is 23.3 Å². The fraction of sp³-hybridized carbons (Fsp3) is 0.368. The summed E-state index contributed by atoms with van der Waals surface area (Å²) in [5, 5.41) is 9.81. The molecule has 118 valence electrons. The number of hydrogen-bond acceptors (Lipinski definition) is 4. The molecule has 2 aromatic rings. The highest BCUT2D eigenvalue weighted by Gasteiger charge is 2.40. The van der Waals surface area contributed by atoms with Gasteiger partial charge in [0.25, 0.3) is 0 Å². The van der Waals surface area contributed by atoms with Gasteiger partial charge in [0.1, 0.15) is 0 Å². The first-order valence-electron chi connectivity index (χ1n) is 7.92. The summed E-state index contributed by atoms with van der Waals surface area (Å²) in [5.41, 5.74) is 3.57. The van der Waals surface area contributed by atoms with Crippen molar-refractivity contribution in [1.82, 2.24) is 0 Å². The fourth-order valence-corrected chi connectivity index (χ4v) is 4.02. The number of aryl methyl sites for hydroxylation is 1. The van der Waals surface area contributed by atoms with Crippen LogP contribution in [0.2, 0.25) is 0 Å². The Morgan fingerprint density at radius 1 is 1.22 bits per heavy atom. The summed E-state index contributed by atoms with van der Waals surface area (Å²) in [7, 11) is 0. The molecule has 0 fully saturated rings. The van der Waals surface area contributed by atoms with Crippen LogP contribution in [0.5, 0.6) is 0 Å². The second kappa shape index (κ2) is 4.65. The number of ketones is 2. The van der Waals surface area contributed by atoms with Gasteiger partial charge in [-0.1, -0.05) is 13.0 Å². The highest BCUT2D eigenvalue weighted by atomic mass is 16.3. The maximum absolute atomic E-state index is 12.9. The second-order valence-electron chi connectivity index (χ2n) is 6.87. The molecule has 1 N–H and O–H groups in total. The van der Waals surface area contributed by atoms with E-state index in [4.69, 9.17) is 4.42 Å².